The number of likely N-dealkylation sites (tertiary alicyclic amines) is 1. The van der Waals surface area contributed by atoms with Gasteiger partial charge in [0.15, 0.2) is 0 Å². The number of carbonyl (C=O) groups is 1. The average Bonchev–Trinajstić information content (AvgIpc) is 3.12. The van der Waals surface area contributed by atoms with Crippen LogP contribution in [0.2, 0.25) is 0 Å². The molecule has 0 radical (unpaired) electrons. The van der Waals surface area contributed by atoms with E-state index in [1.54, 1.807) is 4.90 Å². The minimum atomic E-state index is -0.0128. The molecule has 1 aromatic heterocycles. The maximum atomic E-state index is 12.7. The van der Waals surface area contributed by atoms with Crippen LogP contribution in [0.25, 0.3) is 0 Å². The molecule has 0 bridgehead atoms. The molecule has 0 atom stereocenters. The molecular weight excluding hydrogens is 416 g/mol. The summed E-state index contributed by atoms with van der Waals surface area (Å²) in [7, 11) is 0. The fourth-order valence-electron chi connectivity index (χ4n) is 4.62. The quantitative estimate of drug-likeness (QED) is 0.533. The summed E-state index contributed by atoms with van der Waals surface area (Å²) in [6.07, 6.45) is 5.79. The van der Waals surface area contributed by atoms with Crippen molar-refractivity contribution in [3.05, 3.63) is 41.0 Å². The molecule has 1 fully saturated rings. The number of piperidine rings is 1. The predicted molar refractivity (Wildman–Crippen MR) is 130 cm³/mol. The Morgan fingerprint density at radius 3 is 2.45 bits per heavy atom. The van der Waals surface area contributed by atoms with Crippen molar-refractivity contribution in [3.63, 3.8) is 0 Å². The first kappa shape index (κ1) is 23.4. The van der Waals surface area contributed by atoms with Gasteiger partial charge in [0.1, 0.15) is 11.6 Å². The average molecular weight is 453 g/mol. The molecule has 4 rings (SSSR count). The number of hydrogen-bond acceptors (Lipinski definition) is 7. The Bertz CT molecular complexity index is 941. The standard InChI is InChI=1S/C25H36N6O2/c1-2-3-14-33-25-28-23(27)21-15-22(32)31(24(21)29-25)17-20-6-4-19(5-7-20)16-30-12-9-18(8-11-26)10-13-30/h4-7,18H,2-3,8-17,26H2,1H3,(H2,27,28,29). The van der Waals surface area contributed by atoms with Crippen LogP contribution in [-0.2, 0) is 24.3 Å². The minimum absolute atomic E-state index is 0.0128. The summed E-state index contributed by atoms with van der Waals surface area (Å²) < 4.78 is 5.64. The van der Waals surface area contributed by atoms with Crippen LogP contribution in [0.1, 0.15) is 55.7 Å². The zero-order chi connectivity index (χ0) is 23.2. The largest absolute Gasteiger partial charge is 0.463 e. The Hall–Kier alpha value is -2.71. The van der Waals surface area contributed by atoms with Crippen LogP contribution in [0.4, 0.5) is 11.6 Å². The Kier molecular flexibility index (Phi) is 7.77. The first-order valence-electron chi connectivity index (χ1n) is 12.2. The Morgan fingerprint density at radius 2 is 1.79 bits per heavy atom. The molecule has 3 heterocycles. The topological polar surface area (TPSA) is 111 Å². The number of anilines is 2. The molecule has 0 spiro atoms. The second-order valence-corrected chi connectivity index (χ2v) is 9.17. The molecule has 1 amide bonds. The molecule has 8 heteroatoms. The maximum absolute atomic E-state index is 12.7. The summed E-state index contributed by atoms with van der Waals surface area (Å²) in [4.78, 5) is 25.7. The molecule has 1 saturated heterocycles. The number of nitrogen functional groups attached to an aromatic ring is 1. The van der Waals surface area contributed by atoms with Gasteiger partial charge in [-0.1, -0.05) is 37.6 Å². The van der Waals surface area contributed by atoms with Crippen LogP contribution >= 0.6 is 0 Å². The maximum Gasteiger partial charge on any atom is 0.320 e. The van der Waals surface area contributed by atoms with E-state index in [2.05, 4.69) is 46.1 Å². The van der Waals surface area contributed by atoms with Gasteiger partial charge < -0.3 is 16.2 Å². The molecule has 0 unspecified atom stereocenters. The number of nitrogens with two attached hydrogens (primary N) is 2. The van der Waals surface area contributed by atoms with Crippen molar-refractivity contribution in [2.45, 2.75) is 58.5 Å². The lowest BCUT2D eigenvalue weighted by Gasteiger charge is -2.31. The molecule has 1 aromatic carbocycles. The number of amides is 1. The summed E-state index contributed by atoms with van der Waals surface area (Å²) in [5.74, 6) is 1.67. The molecule has 0 aliphatic carbocycles. The zero-order valence-electron chi connectivity index (χ0n) is 19.6. The summed E-state index contributed by atoms with van der Waals surface area (Å²) in [6.45, 7) is 7.12. The van der Waals surface area contributed by atoms with Gasteiger partial charge in [-0.3, -0.25) is 14.6 Å². The van der Waals surface area contributed by atoms with Crippen molar-refractivity contribution >= 4 is 17.5 Å². The number of ether oxygens (including phenoxy) is 1. The lowest BCUT2D eigenvalue weighted by Crippen LogP contribution is -2.33. The van der Waals surface area contributed by atoms with Gasteiger partial charge in [0.05, 0.1) is 19.6 Å². The summed E-state index contributed by atoms with van der Waals surface area (Å²) in [6, 6.07) is 8.77. The van der Waals surface area contributed by atoms with Crippen molar-refractivity contribution in [1.82, 2.24) is 14.9 Å². The molecule has 8 nitrogen and oxygen atoms in total. The van der Waals surface area contributed by atoms with Crippen molar-refractivity contribution < 1.29 is 9.53 Å². The highest BCUT2D eigenvalue weighted by molar-refractivity contribution is 6.01. The number of fused-ring (bicyclic) bond motifs is 1. The number of rotatable bonds is 10. The second-order valence-electron chi connectivity index (χ2n) is 9.17. The van der Waals surface area contributed by atoms with Crippen LogP contribution in [0.3, 0.4) is 0 Å². The SMILES string of the molecule is CCCCOc1nc(N)c2c(n1)N(Cc1ccc(CN3CCC(CCN)CC3)cc1)C(=O)C2. The molecular formula is C25H36N6O2. The smallest absolute Gasteiger partial charge is 0.320 e. The molecule has 2 aliphatic heterocycles. The van der Waals surface area contributed by atoms with E-state index in [1.807, 2.05) is 0 Å². The van der Waals surface area contributed by atoms with Gasteiger partial charge in [-0.05, 0) is 62.4 Å². The number of hydrogen-bond donors (Lipinski definition) is 2. The van der Waals surface area contributed by atoms with Crippen molar-refractivity contribution in [2.24, 2.45) is 11.7 Å². The van der Waals surface area contributed by atoms with E-state index in [-0.39, 0.29) is 18.3 Å². The number of benzene rings is 1. The van der Waals surface area contributed by atoms with Crippen LogP contribution in [0, 0.1) is 5.92 Å². The fourth-order valence-corrected chi connectivity index (χ4v) is 4.62. The Balaban J connectivity index is 1.38. The van der Waals surface area contributed by atoms with Gasteiger partial charge in [-0.25, -0.2) is 0 Å². The van der Waals surface area contributed by atoms with Crippen molar-refractivity contribution in [1.29, 1.82) is 0 Å². The molecule has 2 aliphatic rings. The lowest BCUT2D eigenvalue weighted by atomic mass is 9.93. The number of unbranched alkanes of at least 4 members (excludes halogenated alkanes) is 1. The van der Waals surface area contributed by atoms with Crippen LogP contribution < -0.4 is 21.1 Å². The summed E-state index contributed by atoms with van der Waals surface area (Å²) in [5.41, 5.74) is 14.9. The third-order valence-corrected chi connectivity index (χ3v) is 6.66. The van der Waals surface area contributed by atoms with E-state index in [4.69, 9.17) is 16.2 Å². The van der Waals surface area contributed by atoms with Gasteiger partial charge in [0, 0.05) is 12.1 Å². The predicted octanol–water partition coefficient (Wildman–Crippen LogP) is 2.89. The third-order valence-electron chi connectivity index (χ3n) is 6.66. The van der Waals surface area contributed by atoms with E-state index in [9.17, 15) is 4.79 Å². The molecule has 2 aromatic rings. The highest BCUT2D eigenvalue weighted by Gasteiger charge is 2.32. The van der Waals surface area contributed by atoms with Crippen molar-refractivity contribution in [3.8, 4) is 6.01 Å². The highest BCUT2D eigenvalue weighted by atomic mass is 16.5. The Labute approximate surface area is 196 Å². The number of carbonyl (C=O) groups excluding carboxylic acids is 1. The fraction of sp³-hybridized carbons (Fsp3) is 0.560. The lowest BCUT2D eigenvalue weighted by molar-refractivity contribution is -0.117. The Morgan fingerprint density at radius 1 is 1.09 bits per heavy atom. The van der Waals surface area contributed by atoms with E-state index in [0.717, 1.165) is 56.9 Å². The van der Waals surface area contributed by atoms with Gasteiger partial charge >= 0.3 is 6.01 Å². The van der Waals surface area contributed by atoms with Gasteiger partial charge in [-0.15, -0.1) is 0 Å². The van der Waals surface area contributed by atoms with Gasteiger partial charge in [0.2, 0.25) is 5.91 Å². The third kappa shape index (κ3) is 5.81. The van der Waals surface area contributed by atoms with Crippen LogP contribution in [0.15, 0.2) is 24.3 Å². The van der Waals surface area contributed by atoms with E-state index < -0.39 is 0 Å². The van der Waals surface area contributed by atoms with E-state index >= 15 is 0 Å². The van der Waals surface area contributed by atoms with Gasteiger partial charge in [0.25, 0.3) is 0 Å². The molecule has 0 saturated carbocycles. The second kappa shape index (κ2) is 10.9. The summed E-state index contributed by atoms with van der Waals surface area (Å²) >= 11 is 0. The van der Waals surface area contributed by atoms with E-state index in [1.165, 1.54) is 18.4 Å². The highest BCUT2D eigenvalue weighted by Crippen LogP contribution is 2.33. The molecule has 178 valence electrons. The van der Waals surface area contributed by atoms with Crippen molar-refractivity contribution in [2.75, 3.05) is 36.9 Å². The number of aromatic nitrogens is 2. The molecule has 33 heavy (non-hydrogen) atoms. The first-order chi connectivity index (χ1) is 16.1. The van der Waals surface area contributed by atoms with Gasteiger partial charge in [-0.2, -0.15) is 9.97 Å². The number of nitrogens with zero attached hydrogens (tertiary/aromatic N) is 4. The normalized spacial score (nSPS) is 16.9. The van der Waals surface area contributed by atoms with E-state index in [0.29, 0.717) is 30.4 Å². The van der Waals surface area contributed by atoms with Crippen LogP contribution in [0.5, 0.6) is 6.01 Å². The molecule has 4 N–H and O–H groups in total. The zero-order valence-corrected chi connectivity index (χ0v) is 19.6. The first-order valence-corrected chi connectivity index (χ1v) is 12.2. The minimum Gasteiger partial charge on any atom is -0.463 e. The summed E-state index contributed by atoms with van der Waals surface area (Å²) in [5, 5.41) is 0. The monoisotopic (exact) mass is 452 g/mol. The van der Waals surface area contributed by atoms with Crippen LogP contribution in [-0.4, -0.2) is 47.0 Å².